The van der Waals surface area contributed by atoms with E-state index in [0.29, 0.717) is 17.2 Å². The minimum Gasteiger partial charge on any atom is -0.351 e. The van der Waals surface area contributed by atoms with Crippen LogP contribution in [0.15, 0.2) is 6.20 Å². The highest BCUT2D eigenvalue weighted by atomic mass is 32.2. The molecule has 1 saturated heterocycles. The maximum absolute atomic E-state index is 12.2. The van der Waals surface area contributed by atoms with Crippen LogP contribution < -0.4 is 10.2 Å². The Morgan fingerprint density at radius 1 is 1.32 bits per heavy atom. The van der Waals surface area contributed by atoms with Gasteiger partial charge in [0.2, 0.25) is 16.0 Å². The SMILES string of the molecule is Cc1nc(N2CCN(C)CC2)ncc1C(=O)NCCN(C)S(C)(=O)=O. The number of amides is 1. The number of aromatic nitrogens is 2. The zero-order valence-electron chi connectivity index (χ0n) is 15.2. The van der Waals surface area contributed by atoms with Gasteiger partial charge in [-0.1, -0.05) is 0 Å². The van der Waals surface area contributed by atoms with Crippen molar-refractivity contribution in [3.05, 3.63) is 17.5 Å². The molecule has 0 aromatic carbocycles. The predicted molar refractivity (Wildman–Crippen MR) is 96.3 cm³/mol. The fourth-order valence-electron chi connectivity index (χ4n) is 2.42. The van der Waals surface area contributed by atoms with Crippen molar-refractivity contribution in [3.8, 4) is 0 Å². The summed E-state index contributed by atoms with van der Waals surface area (Å²) in [4.78, 5) is 25.4. The van der Waals surface area contributed by atoms with Gasteiger partial charge < -0.3 is 15.1 Å². The Kier molecular flexibility index (Phi) is 6.31. The van der Waals surface area contributed by atoms with Gasteiger partial charge in [0.25, 0.3) is 5.91 Å². The highest BCUT2D eigenvalue weighted by molar-refractivity contribution is 7.88. The first-order valence-electron chi connectivity index (χ1n) is 8.15. The maximum Gasteiger partial charge on any atom is 0.254 e. The van der Waals surface area contributed by atoms with Crippen LogP contribution in [0, 0.1) is 6.92 Å². The average Bonchev–Trinajstić information content (AvgIpc) is 2.54. The second-order valence-corrected chi connectivity index (χ2v) is 8.39. The number of anilines is 1. The number of piperazine rings is 1. The zero-order chi connectivity index (χ0) is 18.6. The summed E-state index contributed by atoms with van der Waals surface area (Å²) in [5, 5.41) is 2.70. The van der Waals surface area contributed by atoms with E-state index in [9.17, 15) is 13.2 Å². The number of hydrogen-bond acceptors (Lipinski definition) is 7. The van der Waals surface area contributed by atoms with Crippen LogP contribution in [-0.2, 0) is 10.0 Å². The van der Waals surface area contributed by atoms with Crippen LogP contribution in [0.25, 0.3) is 0 Å². The van der Waals surface area contributed by atoms with Crippen molar-refractivity contribution in [2.45, 2.75) is 6.92 Å². The van der Waals surface area contributed by atoms with Gasteiger partial charge in [-0.15, -0.1) is 0 Å². The fourth-order valence-corrected chi connectivity index (χ4v) is 2.85. The molecule has 1 amide bonds. The van der Waals surface area contributed by atoms with Gasteiger partial charge in [0, 0.05) is 52.5 Å². The zero-order valence-corrected chi connectivity index (χ0v) is 16.0. The first-order valence-corrected chi connectivity index (χ1v) is 10.00. The van der Waals surface area contributed by atoms with Crippen molar-refractivity contribution in [2.75, 3.05) is 64.5 Å². The topological polar surface area (TPSA) is 98.7 Å². The molecule has 0 spiro atoms. The van der Waals surface area contributed by atoms with Crippen molar-refractivity contribution < 1.29 is 13.2 Å². The van der Waals surface area contributed by atoms with Crippen LogP contribution in [0.2, 0.25) is 0 Å². The van der Waals surface area contributed by atoms with E-state index in [0.717, 1.165) is 32.4 Å². The van der Waals surface area contributed by atoms with E-state index in [1.54, 1.807) is 6.92 Å². The molecule has 9 nitrogen and oxygen atoms in total. The summed E-state index contributed by atoms with van der Waals surface area (Å²) in [6.07, 6.45) is 2.66. The molecule has 1 aromatic rings. The number of likely N-dealkylation sites (N-methyl/N-ethyl adjacent to an activating group) is 2. The number of carbonyl (C=O) groups is 1. The molecule has 0 saturated carbocycles. The average molecular weight is 370 g/mol. The molecule has 1 aromatic heterocycles. The highest BCUT2D eigenvalue weighted by Crippen LogP contribution is 2.13. The Bertz CT molecular complexity index is 716. The Morgan fingerprint density at radius 3 is 2.52 bits per heavy atom. The van der Waals surface area contributed by atoms with Crippen LogP contribution in [0.5, 0.6) is 0 Å². The van der Waals surface area contributed by atoms with Crippen LogP contribution in [0.4, 0.5) is 5.95 Å². The van der Waals surface area contributed by atoms with Gasteiger partial charge in [-0.3, -0.25) is 4.79 Å². The third-order valence-electron chi connectivity index (χ3n) is 4.28. The molecule has 2 rings (SSSR count). The Morgan fingerprint density at radius 2 is 1.96 bits per heavy atom. The van der Waals surface area contributed by atoms with E-state index in [4.69, 9.17) is 0 Å². The number of carbonyl (C=O) groups excluding carboxylic acids is 1. The van der Waals surface area contributed by atoms with Gasteiger partial charge >= 0.3 is 0 Å². The number of sulfonamides is 1. The van der Waals surface area contributed by atoms with Crippen molar-refractivity contribution in [1.82, 2.24) is 24.5 Å². The first-order chi connectivity index (χ1) is 11.7. The lowest BCUT2D eigenvalue weighted by molar-refractivity contribution is 0.0951. The normalized spacial score (nSPS) is 16.3. The molecule has 0 bridgehead atoms. The number of rotatable bonds is 6. The minimum absolute atomic E-state index is 0.212. The third-order valence-corrected chi connectivity index (χ3v) is 5.59. The van der Waals surface area contributed by atoms with Crippen LogP contribution in [0.3, 0.4) is 0 Å². The minimum atomic E-state index is -3.25. The molecule has 1 aliphatic rings. The molecule has 0 unspecified atom stereocenters. The molecule has 1 N–H and O–H groups in total. The molecule has 2 heterocycles. The van der Waals surface area contributed by atoms with E-state index < -0.39 is 10.0 Å². The molecule has 0 aliphatic carbocycles. The van der Waals surface area contributed by atoms with Crippen LogP contribution in [-0.4, -0.2) is 93.1 Å². The Hall–Kier alpha value is -1.78. The van der Waals surface area contributed by atoms with Crippen molar-refractivity contribution >= 4 is 21.9 Å². The van der Waals surface area contributed by atoms with Crippen molar-refractivity contribution in [1.29, 1.82) is 0 Å². The molecular weight excluding hydrogens is 344 g/mol. The van der Waals surface area contributed by atoms with Gasteiger partial charge in [0.15, 0.2) is 0 Å². The Balaban J connectivity index is 1.94. The van der Waals surface area contributed by atoms with Crippen LogP contribution >= 0.6 is 0 Å². The van der Waals surface area contributed by atoms with Gasteiger partial charge in [-0.2, -0.15) is 0 Å². The second-order valence-electron chi connectivity index (χ2n) is 6.30. The van der Waals surface area contributed by atoms with Gasteiger partial charge in [0.1, 0.15) is 0 Å². The standard InChI is InChI=1S/C15H26N6O3S/c1-12-13(14(22)16-5-6-20(3)25(4,23)24)11-17-15(18-12)21-9-7-19(2)8-10-21/h11H,5-10H2,1-4H3,(H,16,22). The molecule has 1 fully saturated rings. The molecule has 25 heavy (non-hydrogen) atoms. The molecule has 10 heteroatoms. The summed E-state index contributed by atoms with van der Waals surface area (Å²) in [7, 11) is 0.307. The van der Waals surface area contributed by atoms with Crippen molar-refractivity contribution in [3.63, 3.8) is 0 Å². The predicted octanol–water partition coefficient (Wildman–Crippen LogP) is -0.842. The second kappa shape index (κ2) is 8.07. The van der Waals surface area contributed by atoms with Gasteiger partial charge in [0.05, 0.1) is 17.5 Å². The molecule has 0 radical (unpaired) electrons. The maximum atomic E-state index is 12.2. The molecular formula is C15H26N6O3S. The summed E-state index contributed by atoms with van der Waals surface area (Å²) in [5.74, 6) is 0.336. The molecule has 0 atom stereocenters. The number of nitrogens with zero attached hydrogens (tertiary/aromatic N) is 5. The lowest BCUT2D eigenvalue weighted by Gasteiger charge is -2.32. The van der Waals surface area contributed by atoms with Gasteiger partial charge in [-0.25, -0.2) is 22.7 Å². The monoisotopic (exact) mass is 370 g/mol. The quantitative estimate of drug-likeness (QED) is 0.697. The molecule has 1 aliphatic heterocycles. The smallest absolute Gasteiger partial charge is 0.254 e. The number of aryl methyl sites for hydroxylation is 1. The van der Waals surface area contributed by atoms with Gasteiger partial charge in [-0.05, 0) is 14.0 Å². The summed E-state index contributed by atoms with van der Waals surface area (Å²) in [6.45, 7) is 5.85. The van der Waals surface area contributed by atoms with E-state index in [2.05, 4.69) is 32.1 Å². The fraction of sp³-hybridized carbons (Fsp3) is 0.667. The lowest BCUT2D eigenvalue weighted by Crippen LogP contribution is -2.45. The summed E-state index contributed by atoms with van der Waals surface area (Å²) >= 11 is 0. The molecule has 140 valence electrons. The van der Waals surface area contributed by atoms with E-state index in [1.807, 2.05) is 0 Å². The summed E-state index contributed by atoms with van der Waals surface area (Å²) in [6, 6.07) is 0. The number of hydrogen-bond donors (Lipinski definition) is 1. The number of nitrogens with one attached hydrogen (secondary N) is 1. The summed E-state index contributed by atoms with van der Waals surface area (Å²) in [5.41, 5.74) is 1.01. The van der Waals surface area contributed by atoms with E-state index in [1.165, 1.54) is 17.5 Å². The summed E-state index contributed by atoms with van der Waals surface area (Å²) < 4.78 is 23.8. The largest absolute Gasteiger partial charge is 0.351 e. The van der Waals surface area contributed by atoms with E-state index >= 15 is 0 Å². The first kappa shape index (κ1) is 19.5. The van der Waals surface area contributed by atoms with E-state index in [-0.39, 0.29) is 19.0 Å². The van der Waals surface area contributed by atoms with Crippen LogP contribution in [0.1, 0.15) is 16.1 Å². The lowest BCUT2D eigenvalue weighted by atomic mass is 10.2. The third kappa shape index (κ3) is 5.35. The highest BCUT2D eigenvalue weighted by Gasteiger charge is 2.19. The van der Waals surface area contributed by atoms with Crippen molar-refractivity contribution in [2.24, 2.45) is 0 Å². The Labute approximate surface area is 149 Å².